The molecule has 4 aromatic rings. The third kappa shape index (κ3) is 2.95. The number of anilines is 2. The van der Waals surface area contributed by atoms with Crippen molar-refractivity contribution in [2.45, 2.75) is 0 Å². The first-order valence-corrected chi connectivity index (χ1v) is 7.27. The summed E-state index contributed by atoms with van der Waals surface area (Å²) in [5.41, 5.74) is 2.50. The zero-order valence-electron chi connectivity index (χ0n) is 12.5. The lowest BCUT2D eigenvalue weighted by atomic mass is 10.2. The Kier molecular flexibility index (Phi) is 3.65. The van der Waals surface area contributed by atoms with Gasteiger partial charge in [0.25, 0.3) is 5.89 Å². The molecule has 7 heteroatoms. The Morgan fingerprint density at radius 1 is 0.833 bits per heavy atom. The van der Waals surface area contributed by atoms with Crippen LogP contribution >= 0.6 is 0 Å². The fraction of sp³-hybridized carbons (Fsp3) is 0. The Morgan fingerprint density at radius 3 is 2.50 bits per heavy atom. The van der Waals surface area contributed by atoms with Gasteiger partial charge in [0.15, 0.2) is 0 Å². The van der Waals surface area contributed by atoms with E-state index in [4.69, 9.17) is 4.52 Å². The minimum atomic E-state index is 0.444. The van der Waals surface area contributed by atoms with Crippen molar-refractivity contribution in [3.63, 3.8) is 0 Å². The fourth-order valence-electron chi connectivity index (χ4n) is 2.18. The van der Waals surface area contributed by atoms with Crippen molar-refractivity contribution >= 4 is 11.6 Å². The molecule has 1 N–H and O–H groups in total. The molecule has 0 spiro atoms. The number of hydrogen-bond acceptors (Lipinski definition) is 7. The molecule has 0 aliphatic heterocycles. The number of aromatic nitrogens is 5. The first-order valence-electron chi connectivity index (χ1n) is 7.27. The quantitative estimate of drug-likeness (QED) is 0.617. The summed E-state index contributed by atoms with van der Waals surface area (Å²) in [4.78, 5) is 16.7. The molecular formula is C17H12N6O. The molecule has 0 saturated carbocycles. The summed E-state index contributed by atoms with van der Waals surface area (Å²) in [6.07, 6.45) is 6.74. The monoisotopic (exact) mass is 316 g/mol. The van der Waals surface area contributed by atoms with Crippen LogP contribution < -0.4 is 5.32 Å². The van der Waals surface area contributed by atoms with Crippen LogP contribution in [0, 0.1) is 0 Å². The highest BCUT2D eigenvalue weighted by Crippen LogP contribution is 2.24. The molecule has 0 bridgehead atoms. The van der Waals surface area contributed by atoms with Crippen molar-refractivity contribution in [1.82, 2.24) is 25.1 Å². The zero-order chi connectivity index (χ0) is 16.2. The molecule has 0 amide bonds. The van der Waals surface area contributed by atoms with Crippen LogP contribution in [0.15, 0.2) is 71.8 Å². The van der Waals surface area contributed by atoms with Crippen molar-refractivity contribution in [2.75, 3.05) is 5.32 Å². The normalized spacial score (nSPS) is 10.5. The minimum absolute atomic E-state index is 0.444. The third-order valence-corrected chi connectivity index (χ3v) is 3.30. The fourth-order valence-corrected chi connectivity index (χ4v) is 2.18. The Balaban J connectivity index is 1.61. The van der Waals surface area contributed by atoms with Gasteiger partial charge in [0.1, 0.15) is 0 Å². The molecule has 0 aliphatic carbocycles. The molecule has 1 aromatic carbocycles. The Morgan fingerprint density at radius 2 is 1.67 bits per heavy atom. The van der Waals surface area contributed by atoms with Crippen LogP contribution in [0.4, 0.5) is 11.6 Å². The SMILES string of the molecule is c1cnc(Nc2cccc(-c3nc(-c4ccncc4)no3)c2)nc1. The molecule has 24 heavy (non-hydrogen) atoms. The number of nitrogens with zero attached hydrogens (tertiary/aromatic N) is 5. The van der Waals surface area contributed by atoms with E-state index < -0.39 is 0 Å². The van der Waals surface area contributed by atoms with Crippen molar-refractivity contribution < 1.29 is 4.52 Å². The predicted molar refractivity (Wildman–Crippen MR) is 88.3 cm³/mol. The Hall–Kier alpha value is -3.61. The molecule has 7 nitrogen and oxygen atoms in total. The molecular weight excluding hydrogens is 304 g/mol. The molecule has 0 saturated heterocycles. The molecule has 0 aliphatic rings. The maximum absolute atomic E-state index is 5.37. The van der Waals surface area contributed by atoms with E-state index >= 15 is 0 Å². The topological polar surface area (TPSA) is 89.6 Å². The van der Waals surface area contributed by atoms with Crippen molar-refractivity contribution in [2.24, 2.45) is 0 Å². The summed E-state index contributed by atoms with van der Waals surface area (Å²) in [5.74, 6) is 1.49. The van der Waals surface area contributed by atoms with Gasteiger partial charge in [-0.1, -0.05) is 11.2 Å². The molecule has 0 atom stereocenters. The summed E-state index contributed by atoms with van der Waals surface area (Å²) >= 11 is 0. The van der Waals surface area contributed by atoms with E-state index in [0.717, 1.165) is 16.8 Å². The second-order valence-corrected chi connectivity index (χ2v) is 4.94. The van der Waals surface area contributed by atoms with Crippen molar-refractivity contribution in [1.29, 1.82) is 0 Å². The van der Waals surface area contributed by atoms with Gasteiger partial charge < -0.3 is 9.84 Å². The molecule has 3 heterocycles. The first kappa shape index (κ1) is 14.0. The molecule has 0 fully saturated rings. The van der Waals surface area contributed by atoms with Crippen LogP contribution in [0.1, 0.15) is 0 Å². The van der Waals surface area contributed by atoms with Gasteiger partial charge in [-0.25, -0.2) is 9.97 Å². The van der Waals surface area contributed by atoms with Gasteiger partial charge in [0.2, 0.25) is 11.8 Å². The van der Waals surface area contributed by atoms with Crippen LogP contribution in [0.25, 0.3) is 22.8 Å². The smallest absolute Gasteiger partial charge is 0.258 e. The summed E-state index contributed by atoms with van der Waals surface area (Å²) in [7, 11) is 0. The Labute approximate surface area is 137 Å². The van der Waals surface area contributed by atoms with E-state index in [9.17, 15) is 0 Å². The van der Waals surface area contributed by atoms with Gasteiger partial charge >= 0.3 is 0 Å². The number of rotatable bonds is 4. The number of pyridine rings is 1. The van der Waals surface area contributed by atoms with Gasteiger partial charge in [0.05, 0.1) is 0 Å². The van der Waals surface area contributed by atoms with Gasteiger partial charge in [-0.15, -0.1) is 0 Å². The highest BCUT2D eigenvalue weighted by Gasteiger charge is 2.11. The van der Waals surface area contributed by atoms with Crippen LogP contribution in [-0.4, -0.2) is 25.1 Å². The second kappa shape index (κ2) is 6.25. The summed E-state index contributed by atoms with van der Waals surface area (Å²) < 4.78 is 5.37. The third-order valence-electron chi connectivity index (χ3n) is 3.30. The summed E-state index contributed by atoms with van der Waals surface area (Å²) in [5, 5.41) is 7.15. The van der Waals surface area contributed by atoms with Crippen LogP contribution in [0.5, 0.6) is 0 Å². The predicted octanol–water partition coefficient (Wildman–Crippen LogP) is 3.33. The van der Waals surface area contributed by atoms with Gasteiger partial charge in [-0.05, 0) is 36.4 Å². The molecule has 4 rings (SSSR count). The number of nitrogens with one attached hydrogen (secondary N) is 1. The summed E-state index contributed by atoms with van der Waals surface area (Å²) in [6.45, 7) is 0. The van der Waals surface area contributed by atoms with Gasteiger partial charge in [-0.3, -0.25) is 4.98 Å². The molecule has 3 aromatic heterocycles. The van der Waals surface area contributed by atoms with E-state index in [1.54, 1.807) is 30.9 Å². The average Bonchev–Trinajstić information content (AvgIpc) is 3.14. The zero-order valence-corrected chi connectivity index (χ0v) is 12.5. The van der Waals surface area contributed by atoms with Crippen LogP contribution in [-0.2, 0) is 0 Å². The van der Waals surface area contributed by atoms with E-state index in [-0.39, 0.29) is 0 Å². The van der Waals surface area contributed by atoms with Crippen molar-refractivity contribution in [3.8, 4) is 22.8 Å². The Bertz CT molecular complexity index is 939. The van der Waals surface area contributed by atoms with Crippen LogP contribution in [0.3, 0.4) is 0 Å². The largest absolute Gasteiger partial charge is 0.334 e. The van der Waals surface area contributed by atoms with E-state index in [2.05, 4.69) is 30.4 Å². The van der Waals surface area contributed by atoms with Gasteiger partial charge in [0, 0.05) is 41.6 Å². The summed E-state index contributed by atoms with van der Waals surface area (Å²) in [6, 6.07) is 13.1. The standard InChI is InChI=1S/C17H12N6O/c1-3-13(11-14(4-1)21-17-19-7-2-8-20-17)16-22-15(23-24-16)12-5-9-18-10-6-12/h1-11H,(H,19,20,21). The lowest BCUT2D eigenvalue weighted by Crippen LogP contribution is -1.95. The van der Waals surface area contributed by atoms with E-state index in [1.807, 2.05) is 36.4 Å². The maximum Gasteiger partial charge on any atom is 0.258 e. The van der Waals surface area contributed by atoms with Gasteiger partial charge in [-0.2, -0.15) is 4.98 Å². The molecule has 116 valence electrons. The highest BCUT2D eigenvalue weighted by atomic mass is 16.5. The van der Waals surface area contributed by atoms with E-state index in [1.165, 1.54) is 0 Å². The lowest BCUT2D eigenvalue weighted by Gasteiger charge is -2.04. The average molecular weight is 316 g/mol. The minimum Gasteiger partial charge on any atom is -0.334 e. The van der Waals surface area contributed by atoms with Crippen LogP contribution in [0.2, 0.25) is 0 Å². The first-order chi connectivity index (χ1) is 11.9. The van der Waals surface area contributed by atoms with Crippen molar-refractivity contribution in [3.05, 3.63) is 67.3 Å². The highest BCUT2D eigenvalue weighted by molar-refractivity contribution is 5.65. The maximum atomic E-state index is 5.37. The second-order valence-electron chi connectivity index (χ2n) is 4.94. The molecule has 0 unspecified atom stereocenters. The number of benzene rings is 1. The molecule has 0 radical (unpaired) electrons. The lowest BCUT2D eigenvalue weighted by molar-refractivity contribution is 0.432. The number of hydrogen-bond donors (Lipinski definition) is 1. The van der Waals surface area contributed by atoms with E-state index in [0.29, 0.717) is 17.7 Å².